The fraction of sp³-hybridized carbons (Fsp3) is 0.269. The molecule has 3 aromatic carbocycles. The van der Waals surface area contributed by atoms with E-state index >= 15 is 0 Å². The van der Waals surface area contributed by atoms with Crippen LogP contribution in [-0.2, 0) is 0 Å². The van der Waals surface area contributed by atoms with Gasteiger partial charge in [0.1, 0.15) is 12.4 Å². The predicted molar refractivity (Wildman–Crippen MR) is 123 cm³/mol. The Morgan fingerprint density at radius 3 is 2.48 bits per heavy atom. The Balaban J connectivity index is 1.54. The van der Waals surface area contributed by atoms with Crippen molar-refractivity contribution in [3.8, 4) is 5.75 Å². The van der Waals surface area contributed by atoms with E-state index in [0.717, 1.165) is 36.3 Å². The Kier molecular flexibility index (Phi) is 6.97. The summed E-state index contributed by atoms with van der Waals surface area (Å²) in [5.41, 5.74) is 4.28. The van der Waals surface area contributed by atoms with Gasteiger partial charge in [0.2, 0.25) is 0 Å². The molecule has 0 unspecified atom stereocenters. The van der Waals surface area contributed by atoms with Gasteiger partial charge < -0.3 is 4.74 Å². The largest absolute Gasteiger partial charge is 0.489 e. The SMILES string of the molecule is O=C(NO)c1ccc(/C=C(\COc2cccc3ccccc23)CN2CCCCC2)cc1. The molecule has 5 heteroatoms. The second-order valence-electron chi connectivity index (χ2n) is 7.97. The summed E-state index contributed by atoms with van der Waals surface area (Å²) >= 11 is 0. The third kappa shape index (κ3) is 5.51. The molecule has 5 nitrogen and oxygen atoms in total. The number of ether oxygens (including phenoxy) is 1. The molecule has 1 fully saturated rings. The number of hydroxylamine groups is 1. The van der Waals surface area contributed by atoms with Gasteiger partial charge in [-0.15, -0.1) is 0 Å². The summed E-state index contributed by atoms with van der Waals surface area (Å²) in [6, 6.07) is 21.6. The minimum absolute atomic E-state index is 0.421. The quantitative estimate of drug-likeness (QED) is 0.424. The average Bonchev–Trinajstić information content (AvgIpc) is 2.83. The molecular formula is C26H28N2O3. The van der Waals surface area contributed by atoms with E-state index in [1.807, 2.05) is 36.4 Å². The Morgan fingerprint density at radius 2 is 1.71 bits per heavy atom. The van der Waals surface area contributed by atoms with Gasteiger partial charge >= 0.3 is 0 Å². The summed E-state index contributed by atoms with van der Waals surface area (Å²) in [5.74, 6) is 0.376. The van der Waals surface area contributed by atoms with E-state index in [2.05, 4.69) is 29.2 Å². The Hall–Kier alpha value is -3.15. The highest BCUT2D eigenvalue weighted by Gasteiger charge is 2.13. The number of likely N-dealkylation sites (tertiary alicyclic amines) is 1. The fourth-order valence-corrected chi connectivity index (χ4v) is 4.06. The molecule has 0 bridgehead atoms. The first-order valence-corrected chi connectivity index (χ1v) is 10.8. The van der Waals surface area contributed by atoms with E-state index in [1.165, 1.54) is 30.2 Å². The number of amides is 1. The van der Waals surface area contributed by atoms with Crippen molar-refractivity contribution < 1.29 is 14.7 Å². The highest BCUT2D eigenvalue weighted by atomic mass is 16.5. The van der Waals surface area contributed by atoms with Crippen molar-refractivity contribution >= 4 is 22.8 Å². The summed E-state index contributed by atoms with van der Waals surface area (Å²) in [5, 5.41) is 11.1. The van der Waals surface area contributed by atoms with Crippen LogP contribution in [0.25, 0.3) is 16.8 Å². The van der Waals surface area contributed by atoms with Crippen molar-refractivity contribution in [2.75, 3.05) is 26.2 Å². The second kappa shape index (κ2) is 10.2. The molecule has 1 amide bonds. The number of carbonyl (C=O) groups is 1. The molecule has 3 aromatic rings. The average molecular weight is 417 g/mol. The van der Waals surface area contributed by atoms with Crippen molar-refractivity contribution in [1.29, 1.82) is 0 Å². The Morgan fingerprint density at radius 1 is 0.968 bits per heavy atom. The van der Waals surface area contributed by atoms with Crippen molar-refractivity contribution in [1.82, 2.24) is 10.4 Å². The molecule has 0 aliphatic carbocycles. The predicted octanol–water partition coefficient (Wildman–Crippen LogP) is 4.91. The monoisotopic (exact) mass is 416 g/mol. The minimum Gasteiger partial charge on any atom is -0.489 e. The summed E-state index contributed by atoms with van der Waals surface area (Å²) in [4.78, 5) is 14.1. The van der Waals surface area contributed by atoms with Crippen LogP contribution < -0.4 is 10.2 Å². The van der Waals surface area contributed by atoms with Crippen LogP contribution in [0.2, 0.25) is 0 Å². The van der Waals surface area contributed by atoms with Gasteiger partial charge in [-0.05, 0) is 60.7 Å². The van der Waals surface area contributed by atoms with Gasteiger partial charge in [0.25, 0.3) is 5.91 Å². The van der Waals surface area contributed by atoms with Crippen LogP contribution in [0.15, 0.2) is 72.3 Å². The first-order valence-electron chi connectivity index (χ1n) is 10.8. The third-order valence-electron chi connectivity index (χ3n) is 5.68. The van der Waals surface area contributed by atoms with Gasteiger partial charge in [0, 0.05) is 17.5 Å². The molecule has 31 heavy (non-hydrogen) atoms. The van der Waals surface area contributed by atoms with E-state index in [9.17, 15) is 4.79 Å². The van der Waals surface area contributed by atoms with Crippen molar-refractivity contribution in [3.05, 3.63) is 83.4 Å². The van der Waals surface area contributed by atoms with E-state index in [0.29, 0.717) is 12.2 Å². The van der Waals surface area contributed by atoms with Crippen LogP contribution in [0.3, 0.4) is 0 Å². The number of benzene rings is 3. The number of nitrogens with one attached hydrogen (secondary N) is 1. The molecule has 1 saturated heterocycles. The second-order valence-corrected chi connectivity index (χ2v) is 7.97. The highest BCUT2D eigenvalue weighted by Crippen LogP contribution is 2.26. The lowest BCUT2D eigenvalue weighted by atomic mass is 10.1. The number of rotatable bonds is 7. The standard InChI is InChI=1S/C26H28N2O3/c29-26(27-30)23-13-11-20(12-14-23)17-21(18-28-15-4-1-5-16-28)19-31-25-10-6-8-22-7-2-3-9-24(22)25/h2-3,6-14,17,30H,1,4-5,15-16,18-19H2,(H,27,29)/b21-17-. The molecule has 0 spiro atoms. The van der Waals surface area contributed by atoms with Crippen molar-refractivity contribution in [2.45, 2.75) is 19.3 Å². The van der Waals surface area contributed by atoms with E-state index < -0.39 is 5.91 Å². The van der Waals surface area contributed by atoms with Crippen LogP contribution in [0.5, 0.6) is 5.75 Å². The first-order chi connectivity index (χ1) is 15.2. The lowest BCUT2D eigenvalue weighted by Gasteiger charge is -2.27. The Labute approximate surface area is 182 Å². The Bertz CT molecular complexity index is 1050. The van der Waals surface area contributed by atoms with Crippen LogP contribution in [-0.4, -0.2) is 42.3 Å². The minimum atomic E-state index is -0.511. The highest BCUT2D eigenvalue weighted by molar-refractivity contribution is 5.93. The molecule has 0 aromatic heterocycles. The van der Waals surface area contributed by atoms with Crippen LogP contribution in [0, 0.1) is 0 Å². The van der Waals surface area contributed by atoms with E-state index in [-0.39, 0.29) is 0 Å². The zero-order chi connectivity index (χ0) is 21.5. The zero-order valence-electron chi connectivity index (χ0n) is 17.6. The maximum absolute atomic E-state index is 11.6. The lowest BCUT2D eigenvalue weighted by molar-refractivity contribution is 0.0706. The molecule has 1 aliphatic heterocycles. The first kappa shape index (κ1) is 21.1. The van der Waals surface area contributed by atoms with Gasteiger partial charge in [0.15, 0.2) is 0 Å². The summed E-state index contributed by atoms with van der Waals surface area (Å²) in [6.45, 7) is 3.59. The third-order valence-corrected chi connectivity index (χ3v) is 5.68. The van der Waals surface area contributed by atoms with Crippen LogP contribution in [0.1, 0.15) is 35.2 Å². The van der Waals surface area contributed by atoms with Gasteiger partial charge in [-0.2, -0.15) is 0 Å². The lowest BCUT2D eigenvalue weighted by Crippen LogP contribution is -2.32. The summed E-state index contributed by atoms with van der Waals surface area (Å²) in [7, 11) is 0. The molecule has 1 aliphatic rings. The number of nitrogens with zero attached hydrogens (tertiary/aromatic N) is 1. The van der Waals surface area contributed by atoms with Gasteiger partial charge in [-0.25, -0.2) is 5.48 Å². The summed E-state index contributed by atoms with van der Waals surface area (Å²) < 4.78 is 6.28. The number of fused-ring (bicyclic) bond motifs is 1. The number of carbonyl (C=O) groups excluding carboxylic acids is 1. The molecular weight excluding hydrogens is 388 g/mol. The fourth-order valence-electron chi connectivity index (χ4n) is 4.06. The zero-order valence-corrected chi connectivity index (χ0v) is 17.6. The molecule has 160 valence electrons. The maximum Gasteiger partial charge on any atom is 0.274 e. The molecule has 1 heterocycles. The van der Waals surface area contributed by atoms with E-state index in [1.54, 1.807) is 17.6 Å². The van der Waals surface area contributed by atoms with Gasteiger partial charge in [-0.1, -0.05) is 61.0 Å². The number of hydrogen-bond acceptors (Lipinski definition) is 4. The van der Waals surface area contributed by atoms with Crippen LogP contribution >= 0.6 is 0 Å². The molecule has 0 saturated carbocycles. The van der Waals surface area contributed by atoms with Crippen molar-refractivity contribution in [3.63, 3.8) is 0 Å². The smallest absolute Gasteiger partial charge is 0.274 e. The number of hydrogen-bond donors (Lipinski definition) is 2. The topological polar surface area (TPSA) is 61.8 Å². The van der Waals surface area contributed by atoms with Crippen molar-refractivity contribution in [2.24, 2.45) is 0 Å². The molecule has 2 N–H and O–H groups in total. The van der Waals surface area contributed by atoms with Gasteiger partial charge in [-0.3, -0.25) is 14.9 Å². The number of piperidine rings is 1. The maximum atomic E-state index is 11.6. The van der Waals surface area contributed by atoms with Crippen LogP contribution in [0.4, 0.5) is 0 Å². The normalized spacial score (nSPS) is 15.1. The van der Waals surface area contributed by atoms with E-state index in [4.69, 9.17) is 9.94 Å². The summed E-state index contributed by atoms with van der Waals surface area (Å²) in [6.07, 6.45) is 5.92. The van der Waals surface area contributed by atoms with Gasteiger partial charge in [0.05, 0.1) is 0 Å². The molecule has 0 radical (unpaired) electrons. The molecule has 0 atom stereocenters. The molecule has 4 rings (SSSR count).